The molecule has 0 unspecified atom stereocenters. The second kappa shape index (κ2) is 9.75. The molecule has 36 heavy (non-hydrogen) atoms. The topological polar surface area (TPSA) is 109 Å². The fourth-order valence-corrected chi connectivity index (χ4v) is 4.83. The predicted octanol–water partition coefficient (Wildman–Crippen LogP) is 2.89. The van der Waals surface area contributed by atoms with Gasteiger partial charge in [0.05, 0.1) is 41.6 Å². The van der Waals surface area contributed by atoms with Gasteiger partial charge in [-0.15, -0.1) is 0 Å². The number of methoxy groups -OCH3 is 1. The summed E-state index contributed by atoms with van der Waals surface area (Å²) in [5, 5.41) is 1.63. The number of halogens is 1. The summed E-state index contributed by atoms with van der Waals surface area (Å²) in [5.41, 5.74) is 1.33. The van der Waals surface area contributed by atoms with Crippen LogP contribution in [0.3, 0.4) is 0 Å². The van der Waals surface area contributed by atoms with E-state index in [2.05, 4.69) is 14.9 Å². The number of carbonyl (C=O) groups excluding carboxylic acids is 1. The SMILES string of the molecule is COc1cc2oc(=O)c(CC(=O)N3CCN(Cc4nc5ccccc5c(=O)[nH]4)CC3)c(C)c2cc1Cl. The van der Waals surface area contributed by atoms with Gasteiger partial charge in [0.25, 0.3) is 5.56 Å². The Kier molecular flexibility index (Phi) is 6.51. The lowest BCUT2D eigenvalue weighted by Crippen LogP contribution is -2.49. The third kappa shape index (κ3) is 4.59. The van der Waals surface area contributed by atoms with E-state index in [0.29, 0.717) is 82.3 Å². The van der Waals surface area contributed by atoms with Crippen LogP contribution in [0.5, 0.6) is 5.75 Å². The summed E-state index contributed by atoms with van der Waals surface area (Å²) >= 11 is 6.26. The van der Waals surface area contributed by atoms with Crippen LogP contribution in [0.4, 0.5) is 0 Å². The lowest BCUT2D eigenvalue weighted by molar-refractivity contribution is -0.132. The van der Waals surface area contributed by atoms with Crippen molar-refractivity contribution in [1.29, 1.82) is 0 Å². The number of fused-ring (bicyclic) bond motifs is 2. The Labute approximate surface area is 211 Å². The Morgan fingerprint density at radius 1 is 1.14 bits per heavy atom. The first-order chi connectivity index (χ1) is 17.3. The highest BCUT2D eigenvalue weighted by molar-refractivity contribution is 6.32. The number of ether oxygens (including phenoxy) is 1. The molecule has 2 aromatic heterocycles. The van der Waals surface area contributed by atoms with Gasteiger partial charge in [0.15, 0.2) is 0 Å². The van der Waals surface area contributed by atoms with Gasteiger partial charge < -0.3 is 19.0 Å². The molecular formula is C26H25ClN4O5. The van der Waals surface area contributed by atoms with Crippen LogP contribution in [-0.2, 0) is 17.8 Å². The average molecular weight is 509 g/mol. The van der Waals surface area contributed by atoms with Gasteiger partial charge in [0, 0.05) is 37.6 Å². The molecule has 3 heterocycles. The molecule has 0 saturated carbocycles. The van der Waals surface area contributed by atoms with Crippen LogP contribution in [-0.4, -0.2) is 59.0 Å². The standard InChI is InChI=1S/C26H25ClN4O5/c1-15-17-11-19(27)22(35-2)13-21(17)36-26(34)18(15)12-24(32)31-9-7-30(8-10-31)14-23-28-20-6-4-3-5-16(20)25(33)29-23/h3-6,11,13H,7-10,12,14H2,1-2H3,(H,28,29,33). The van der Waals surface area contributed by atoms with Crippen molar-refractivity contribution in [2.45, 2.75) is 19.9 Å². The third-order valence-corrected chi connectivity index (χ3v) is 6.94. The van der Waals surface area contributed by atoms with Gasteiger partial charge in [-0.3, -0.25) is 14.5 Å². The summed E-state index contributed by atoms with van der Waals surface area (Å²) in [5.74, 6) is 0.871. The van der Waals surface area contributed by atoms with Crippen molar-refractivity contribution in [3.8, 4) is 5.75 Å². The first-order valence-electron chi connectivity index (χ1n) is 11.6. The molecule has 5 rings (SSSR count). The van der Waals surface area contributed by atoms with Crippen LogP contribution in [0.25, 0.3) is 21.9 Å². The van der Waals surface area contributed by atoms with E-state index in [1.807, 2.05) is 18.2 Å². The second-order valence-corrected chi connectivity index (χ2v) is 9.25. The number of benzene rings is 2. The van der Waals surface area contributed by atoms with Crippen LogP contribution in [0.15, 0.2) is 50.4 Å². The van der Waals surface area contributed by atoms with Gasteiger partial charge in [-0.05, 0) is 30.7 Å². The molecule has 186 valence electrons. The molecule has 9 nitrogen and oxygen atoms in total. The van der Waals surface area contributed by atoms with Crippen molar-refractivity contribution in [3.63, 3.8) is 0 Å². The Balaban J connectivity index is 1.26. The van der Waals surface area contributed by atoms with E-state index in [1.54, 1.807) is 30.0 Å². The van der Waals surface area contributed by atoms with Gasteiger partial charge in [-0.2, -0.15) is 0 Å². The normalized spacial score (nSPS) is 14.5. The number of para-hydroxylation sites is 1. The fourth-order valence-electron chi connectivity index (χ4n) is 4.59. The van der Waals surface area contributed by atoms with Crippen molar-refractivity contribution in [2.75, 3.05) is 33.3 Å². The van der Waals surface area contributed by atoms with E-state index in [9.17, 15) is 14.4 Å². The van der Waals surface area contributed by atoms with E-state index in [1.165, 1.54) is 7.11 Å². The van der Waals surface area contributed by atoms with E-state index < -0.39 is 5.63 Å². The highest BCUT2D eigenvalue weighted by Gasteiger charge is 2.24. The number of hydrogen-bond acceptors (Lipinski definition) is 7. The average Bonchev–Trinajstić information content (AvgIpc) is 2.87. The van der Waals surface area contributed by atoms with Crippen LogP contribution in [0.2, 0.25) is 5.02 Å². The molecule has 4 aromatic rings. The number of hydrogen-bond donors (Lipinski definition) is 1. The number of rotatable bonds is 5. The van der Waals surface area contributed by atoms with Crippen molar-refractivity contribution in [2.24, 2.45) is 0 Å². The summed E-state index contributed by atoms with van der Waals surface area (Å²) in [4.78, 5) is 49.4. The van der Waals surface area contributed by atoms with E-state index in [-0.39, 0.29) is 17.9 Å². The first kappa shape index (κ1) is 24.0. The Morgan fingerprint density at radius 3 is 2.64 bits per heavy atom. The number of nitrogens with zero attached hydrogens (tertiary/aromatic N) is 3. The molecule has 1 saturated heterocycles. The van der Waals surface area contributed by atoms with Crippen molar-refractivity contribution < 1.29 is 13.9 Å². The molecule has 0 bridgehead atoms. The second-order valence-electron chi connectivity index (χ2n) is 8.84. The minimum absolute atomic E-state index is 0.0483. The number of aryl methyl sites for hydroxylation is 1. The van der Waals surface area contributed by atoms with Gasteiger partial charge in [-0.25, -0.2) is 9.78 Å². The molecule has 1 amide bonds. The molecule has 1 aliphatic rings. The number of nitrogens with one attached hydrogen (secondary N) is 1. The Hall–Kier alpha value is -3.69. The van der Waals surface area contributed by atoms with E-state index >= 15 is 0 Å². The lowest BCUT2D eigenvalue weighted by atomic mass is 10.0. The van der Waals surface area contributed by atoms with Gasteiger partial charge >= 0.3 is 5.63 Å². The molecule has 1 N–H and O–H groups in total. The zero-order valence-electron chi connectivity index (χ0n) is 20.0. The summed E-state index contributed by atoms with van der Waals surface area (Å²) in [6, 6.07) is 10.5. The van der Waals surface area contributed by atoms with Crippen molar-refractivity contribution in [1.82, 2.24) is 19.8 Å². The Bertz CT molecular complexity index is 1590. The van der Waals surface area contributed by atoms with Crippen molar-refractivity contribution in [3.05, 3.63) is 79.1 Å². The maximum Gasteiger partial charge on any atom is 0.340 e. The first-order valence-corrected chi connectivity index (χ1v) is 12.0. The van der Waals surface area contributed by atoms with Crippen LogP contribution >= 0.6 is 11.6 Å². The van der Waals surface area contributed by atoms with Crippen LogP contribution < -0.4 is 15.9 Å². The molecule has 0 spiro atoms. The highest BCUT2D eigenvalue weighted by Crippen LogP contribution is 2.31. The maximum atomic E-state index is 13.1. The number of piperazine rings is 1. The highest BCUT2D eigenvalue weighted by atomic mass is 35.5. The maximum absolute atomic E-state index is 13.1. The van der Waals surface area contributed by atoms with Crippen molar-refractivity contribution >= 4 is 39.4 Å². The van der Waals surface area contributed by atoms with Gasteiger partial charge in [-0.1, -0.05) is 23.7 Å². The summed E-state index contributed by atoms with van der Waals surface area (Å²) in [7, 11) is 1.49. The molecule has 2 aromatic carbocycles. The Morgan fingerprint density at radius 2 is 1.89 bits per heavy atom. The molecule has 10 heteroatoms. The monoisotopic (exact) mass is 508 g/mol. The smallest absolute Gasteiger partial charge is 0.340 e. The number of carbonyl (C=O) groups is 1. The molecular weight excluding hydrogens is 484 g/mol. The summed E-state index contributed by atoms with van der Waals surface area (Å²) in [6.07, 6.45) is -0.0483. The van der Waals surface area contributed by atoms with Crippen LogP contribution in [0, 0.1) is 6.92 Å². The quantitative estimate of drug-likeness (QED) is 0.413. The number of aromatic nitrogens is 2. The van der Waals surface area contributed by atoms with E-state index in [0.717, 1.165) is 0 Å². The minimum atomic E-state index is -0.539. The largest absolute Gasteiger partial charge is 0.495 e. The van der Waals surface area contributed by atoms with Gasteiger partial charge in [0.1, 0.15) is 17.2 Å². The minimum Gasteiger partial charge on any atom is -0.495 e. The predicted molar refractivity (Wildman–Crippen MR) is 137 cm³/mol. The zero-order valence-corrected chi connectivity index (χ0v) is 20.7. The van der Waals surface area contributed by atoms with Crippen LogP contribution in [0.1, 0.15) is 17.0 Å². The number of amides is 1. The summed E-state index contributed by atoms with van der Waals surface area (Å²) in [6.45, 7) is 4.56. The number of aromatic amines is 1. The molecule has 0 radical (unpaired) electrons. The number of H-pyrrole nitrogens is 1. The molecule has 1 aliphatic heterocycles. The van der Waals surface area contributed by atoms with Gasteiger partial charge in [0.2, 0.25) is 5.91 Å². The summed E-state index contributed by atoms with van der Waals surface area (Å²) < 4.78 is 10.7. The third-order valence-electron chi connectivity index (χ3n) is 6.65. The fraction of sp³-hybridized carbons (Fsp3) is 0.308. The lowest BCUT2D eigenvalue weighted by Gasteiger charge is -2.34. The van der Waals surface area contributed by atoms with E-state index in [4.69, 9.17) is 20.8 Å². The zero-order chi connectivity index (χ0) is 25.4. The molecule has 0 atom stereocenters. The molecule has 0 aliphatic carbocycles. The molecule has 1 fully saturated rings.